The first-order valence-electron chi connectivity index (χ1n) is 6.23. The molecule has 0 aliphatic rings. The van der Waals surface area contributed by atoms with Gasteiger partial charge < -0.3 is 9.15 Å². The number of ketones is 1. The van der Waals surface area contributed by atoms with Crippen LogP contribution in [0.25, 0.3) is 11.0 Å². The van der Waals surface area contributed by atoms with Gasteiger partial charge in [-0.25, -0.2) is 4.39 Å². The fourth-order valence-corrected chi connectivity index (χ4v) is 2.25. The average Bonchev–Trinajstić information content (AvgIpc) is 2.90. The number of carbonyl (C=O) groups is 1. The summed E-state index contributed by atoms with van der Waals surface area (Å²) < 4.78 is 24.1. The summed E-state index contributed by atoms with van der Waals surface area (Å²) >= 11 is 5.84. The van der Waals surface area contributed by atoms with E-state index in [0.717, 1.165) is 0 Å². The van der Waals surface area contributed by atoms with Gasteiger partial charge in [0.1, 0.15) is 11.8 Å². The van der Waals surface area contributed by atoms with Gasteiger partial charge in [-0.15, -0.1) is 0 Å². The van der Waals surface area contributed by atoms with Crippen molar-refractivity contribution in [2.24, 2.45) is 0 Å². The number of fused-ring (bicyclic) bond motifs is 1. The first kappa shape index (κ1) is 13.6. The molecule has 0 aliphatic carbocycles. The van der Waals surface area contributed by atoms with E-state index < -0.39 is 5.82 Å². The number of furan rings is 1. The smallest absolute Gasteiger partial charge is 0.204 e. The molecule has 0 unspecified atom stereocenters. The molecule has 3 nitrogen and oxygen atoms in total. The normalized spacial score (nSPS) is 10.8. The highest BCUT2D eigenvalue weighted by molar-refractivity contribution is 6.32. The number of ether oxygens (including phenoxy) is 1. The van der Waals surface area contributed by atoms with Crippen molar-refractivity contribution in [3.05, 3.63) is 65.1 Å². The van der Waals surface area contributed by atoms with Crippen LogP contribution in [0.3, 0.4) is 0 Å². The van der Waals surface area contributed by atoms with Gasteiger partial charge in [-0.3, -0.25) is 4.79 Å². The number of Topliss-reactive ketones (excluding diaryl/α,β-unsaturated/α-hetero) is 1. The van der Waals surface area contributed by atoms with Crippen molar-refractivity contribution in [3.63, 3.8) is 0 Å². The summed E-state index contributed by atoms with van der Waals surface area (Å²) in [6.07, 6.45) is 1.37. The zero-order chi connectivity index (χ0) is 14.8. The fourth-order valence-electron chi connectivity index (χ4n) is 2.03. The fraction of sp³-hybridized carbons (Fsp3) is 0.0625. The summed E-state index contributed by atoms with van der Waals surface area (Å²) in [5.41, 5.74) is 1.02. The summed E-state index contributed by atoms with van der Waals surface area (Å²) in [4.78, 5) is 12.2. The lowest BCUT2D eigenvalue weighted by Gasteiger charge is -2.07. The number of benzene rings is 2. The lowest BCUT2D eigenvalue weighted by molar-refractivity contribution is 0.0919. The van der Waals surface area contributed by atoms with Gasteiger partial charge >= 0.3 is 0 Å². The summed E-state index contributed by atoms with van der Waals surface area (Å²) in [6, 6.07) is 11.4. The Labute approximate surface area is 124 Å². The lowest BCUT2D eigenvalue weighted by Crippen LogP contribution is -2.12. The van der Waals surface area contributed by atoms with E-state index in [1.54, 1.807) is 12.1 Å². The van der Waals surface area contributed by atoms with Crippen LogP contribution in [0.5, 0.6) is 5.75 Å². The average molecular weight is 305 g/mol. The molecule has 106 valence electrons. The zero-order valence-electron chi connectivity index (χ0n) is 10.8. The predicted molar refractivity (Wildman–Crippen MR) is 77.4 cm³/mol. The summed E-state index contributed by atoms with van der Waals surface area (Å²) in [7, 11) is 0. The van der Waals surface area contributed by atoms with Crippen LogP contribution >= 0.6 is 11.6 Å². The van der Waals surface area contributed by atoms with E-state index in [-0.39, 0.29) is 23.2 Å². The van der Waals surface area contributed by atoms with Crippen molar-refractivity contribution in [1.82, 2.24) is 0 Å². The Morgan fingerprint density at radius 1 is 1.19 bits per heavy atom. The van der Waals surface area contributed by atoms with E-state index in [4.69, 9.17) is 20.8 Å². The van der Waals surface area contributed by atoms with Crippen molar-refractivity contribution < 1.29 is 18.3 Å². The Hall–Kier alpha value is -2.33. The Balaban J connectivity index is 1.81. The molecule has 0 fully saturated rings. The van der Waals surface area contributed by atoms with Crippen LogP contribution in [-0.2, 0) is 0 Å². The monoisotopic (exact) mass is 304 g/mol. The first-order valence-corrected chi connectivity index (χ1v) is 6.61. The Morgan fingerprint density at radius 3 is 2.81 bits per heavy atom. The molecule has 2 aromatic carbocycles. The van der Waals surface area contributed by atoms with Gasteiger partial charge in [-0.05, 0) is 18.2 Å². The minimum atomic E-state index is -0.604. The molecule has 0 atom stereocenters. The SMILES string of the molecule is O=C(COc1c(F)cccc1Cl)c1coc2ccccc12. The molecule has 0 saturated carbocycles. The van der Waals surface area contributed by atoms with Crippen LogP contribution in [0.4, 0.5) is 4.39 Å². The van der Waals surface area contributed by atoms with Crippen LogP contribution < -0.4 is 4.74 Å². The maximum Gasteiger partial charge on any atom is 0.204 e. The van der Waals surface area contributed by atoms with Gasteiger partial charge in [-0.2, -0.15) is 0 Å². The molecular formula is C16H10ClFO3. The third-order valence-corrected chi connectivity index (χ3v) is 3.35. The maximum absolute atomic E-state index is 13.6. The van der Waals surface area contributed by atoms with Crippen LogP contribution in [0.1, 0.15) is 10.4 Å². The van der Waals surface area contributed by atoms with Gasteiger partial charge in [0, 0.05) is 5.39 Å². The standard InChI is InChI=1S/C16H10ClFO3/c17-12-5-3-6-13(18)16(12)21-9-14(19)11-8-20-15-7-2-1-4-10(11)15/h1-8H,9H2. The lowest BCUT2D eigenvalue weighted by atomic mass is 10.1. The summed E-state index contributed by atoms with van der Waals surface area (Å²) in [5, 5.41) is 0.825. The molecule has 0 amide bonds. The molecule has 1 aromatic heterocycles. The molecule has 0 aliphatic heterocycles. The molecule has 3 rings (SSSR count). The van der Waals surface area contributed by atoms with Gasteiger partial charge in [-0.1, -0.05) is 35.9 Å². The van der Waals surface area contributed by atoms with E-state index in [9.17, 15) is 9.18 Å². The Morgan fingerprint density at radius 2 is 2.00 bits per heavy atom. The van der Waals surface area contributed by atoms with Gasteiger partial charge in [0.2, 0.25) is 5.78 Å². The van der Waals surface area contributed by atoms with Crippen molar-refractivity contribution >= 4 is 28.4 Å². The molecule has 3 aromatic rings. The third-order valence-electron chi connectivity index (χ3n) is 3.05. The number of carbonyl (C=O) groups excluding carboxylic acids is 1. The van der Waals surface area contributed by atoms with Crippen LogP contribution in [0.15, 0.2) is 53.1 Å². The van der Waals surface area contributed by atoms with Gasteiger partial charge in [0.25, 0.3) is 0 Å². The molecule has 0 bridgehead atoms. The topological polar surface area (TPSA) is 39.4 Å². The van der Waals surface area contributed by atoms with Crippen LogP contribution in [-0.4, -0.2) is 12.4 Å². The van der Waals surface area contributed by atoms with Gasteiger partial charge in [0.05, 0.1) is 10.6 Å². The number of para-hydroxylation sites is 2. The predicted octanol–water partition coefficient (Wildman–Crippen LogP) is 4.49. The Bertz CT molecular complexity index is 790. The first-order chi connectivity index (χ1) is 10.2. The number of halogens is 2. The molecular weight excluding hydrogens is 295 g/mol. The molecule has 1 heterocycles. The highest BCUT2D eigenvalue weighted by atomic mass is 35.5. The molecule has 0 radical (unpaired) electrons. The van der Waals surface area contributed by atoms with Gasteiger partial charge in [0.15, 0.2) is 18.2 Å². The molecule has 0 saturated heterocycles. The quantitative estimate of drug-likeness (QED) is 0.667. The number of hydrogen-bond acceptors (Lipinski definition) is 3. The second kappa shape index (κ2) is 5.58. The zero-order valence-corrected chi connectivity index (χ0v) is 11.6. The second-order valence-corrected chi connectivity index (χ2v) is 4.82. The van der Waals surface area contributed by atoms with Crippen LogP contribution in [0.2, 0.25) is 5.02 Å². The Kier molecular flexibility index (Phi) is 3.62. The van der Waals surface area contributed by atoms with E-state index in [2.05, 4.69) is 0 Å². The summed E-state index contributed by atoms with van der Waals surface area (Å²) in [6.45, 7) is -0.315. The summed E-state index contributed by atoms with van der Waals surface area (Å²) in [5.74, 6) is -1.04. The van der Waals surface area contributed by atoms with Crippen molar-refractivity contribution in [1.29, 1.82) is 0 Å². The van der Waals surface area contributed by atoms with Crippen molar-refractivity contribution in [3.8, 4) is 5.75 Å². The van der Waals surface area contributed by atoms with E-state index in [0.29, 0.717) is 16.5 Å². The third kappa shape index (κ3) is 2.62. The molecule has 0 N–H and O–H groups in total. The number of rotatable bonds is 4. The molecule has 21 heavy (non-hydrogen) atoms. The largest absolute Gasteiger partial charge is 0.481 e. The molecule has 0 spiro atoms. The molecule has 5 heteroatoms. The van der Waals surface area contributed by atoms with Crippen LogP contribution in [0, 0.1) is 5.82 Å². The van der Waals surface area contributed by atoms with E-state index >= 15 is 0 Å². The highest BCUT2D eigenvalue weighted by Crippen LogP contribution is 2.28. The van der Waals surface area contributed by atoms with E-state index in [1.165, 1.54) is 24.5 Å². The van der Waals surface area contributed by atoms with E-state index in [1.807, 2.05) is 12.1 Å². The minimum absolute atomic E-state index is 0.125. The minimum Gasteiger partial charge on any atom is -0.481 e. The second-order valence-electron chi connectivity index (χ2n) is 4.41. The van der Waals surface area contributed by atoms with Crippen molar-refractivity contribution in [2.45, 2.75) is 0 Å². The maximum atomic E-state index is 13.6. The highest BCUT2D eigenvalue weighted by Gasteiger charge is 2.16. The van der Waals surface area contributed by atoms with Crippen molar-refractivity contribution in [2.75, 3.05) is 6.61 Å². The number of hydrogen-bond donors (Lipinski definition) is 0.